The van der Waals surface area contributed by atoms with Gasteiger partial charge in [0.15, 0.2) is 0 Å². The van der Waals surface area contributed by atoms with Crippen LogP contribution in [0.5, 0.6) is 5.75 Å². The van der Waals surface area contributed by atoms with Crippen molar-refractivity contribution >= 4 is 35.0 Å². The number of anilines is 1. The first-order valence-electron chi connectivity index (χ1n) is 11.9. The number of benzene rings is 1. The second-order valence-corrected chi connectivity index (χ2v) is 10.9. The number of hydrogen-bond donors (Lipinski definition) is 1. The van der Waals surface area contributed by atoms with Crippen LogP contribution in [0.3, 0.4) is 0 Å². The summed E-state index contributed by atoms with van der Waals surface area (Å²) in [4.78, 5) is 44.1. The smallest absolute Gasteiger partial charge is 0.228 e. The predicted octanol–water partition coefficient (Wildman–Crippen LogP) is 2.64. The number of halogens is 1. The quantitative estimate of drug-likeness (QED) is 0.603. The summed E-state index contributed by atoms with van der Waals surface area (Å²) in [6, 6.07) is 5.11. The minimum absolute atomic E-state index is 0.0115. The van der Waals surface area contributed by atoms with Gasteiger partial charge in [0.05, 0.1) is 18.7 Å². The Balaban J connectivity index is 1.52. The minimum Gasteiger partial charge on any atom is -0.495 e. The molecule has 2 aliphatic rings. The summed E-state index contributed by atoms with van der Waals surface area (Å²) >= 11 is 6.13. The van der Waals surface area contributed by atoms with Crippen LogP contribution in [0.2, 0.25) is 5.02 Å². The van der Waals surface area contributed by atoms with E-state index in [1.165, 1.54) is 0 Å². The minimum atomic E-state index is -0.409. The van der Waals surface area contributed by atoms with Gasteiger partial charge in [0.1, 0.15) is 5.75 Å². The fraction of sp³-hybridized carbons (Fsp3) is 0.640. The number of piperidine rings is 1. The van der Waals surface area contributed by atoms with Crippen LogP contribution in [0.15, 0.2) is 18.2 Å². The van der Waals surface area contributed by atoms with Gasteiger partial charge in [0, 0.05) is 50.1 Å². The zero-order chi connectivity index (χ0) is 25.0. The van der Waals surface area contributed by atoms with Gasteiger partial charge in [0.25, 0.3) is 0 Å². The molecule has 0 saturated carbocycles. The second kappa shape index (κ2) is 11.0. The Labute approximate surface area is 207 Å². The number of amides is 3. The van der Waals surface area contributed by atoms with Crippen molar-refractivity contribution in [2.75, 3.05) is 58.8 Å². The molecule has 0 radical (unpaired) electrons. The van der Waals surface area contributed by atoms with Crippen LogP contribution in [0, 0.1) is 17.3 Å². The maximum atomic E-state index is 13.2. The zero-order valence-corrected chi connectivity index (χ0v) is 21.7. The third-order valence-electron chi connectivity index (χ3n) is 6.57. The van der Waals surface area contributed by atoms with Crippen molar-refractivity contribution in [3.8, 4) is 5.75 Å². The molecule has 2 aliphatic heterocycles. The number of carbonyl (C=O) groups excluding carboxylic acids is 3. The van der Waals surface area contributed by atoms with E-state index in [-0.39, 0.29) is 35.5 Å². The Morgan fingerprint density at radius 2 is 1.88 bits per heavy atom. The van der Waals surface area contributed by atoms with Gasteiger partial charge in [-0.05, 0) is 50.6 Å². The number of carbonyl (C=O) groups is 3. The van der Waals surface area contributed by atoms with Gasteiger partial charge >= 0.3 is 0 Å². The van der Waals surface area contributed by atoms with Gasteiger partial charge in [-0.1, -0.05) is 25.4 Å². The van der Waals surface area contributed by atoms with E-state index < -0.39 is 5.92 Å². The van der Waals surface area contributed by atoms with Crippen LogP contribution < -0.4 is 15.0 Å². The number of rotatable bonds is 8. The molecule has 8 nitrogen and oxygen atoms in total. The first kappa shape index (κ1) is 26.3. The highest BCUT2D eigenvalue weighted by Crippen LogP contribution is 2.36. The van der Waals surface area contributed by atoms with Crippen LogP contribution in [-0.4, -0.2) is 81.5 Å². The first-order valence-corrected chi connectivity index (χ1v) is 12.2. The SMILES string of the molecule is COc1ccc(Cl)cc1N1CC(C(=O)N2CCC(C(=O)NCC(C)(C)CN(C)C)CC2)CC1=O. The Morgan fingerprint density at radius 1 is 1.21 bits per heavy atom. The normalized spacial score (nSPS) is 19.6. The average molecular weight is 493 g/mol. The lowest BCUT2D eigenvalue weighted by Crippen LogP contribution is -2.47. The molecular weight excluding hydrogens is 456 g/mol. The van der Waals surface area contributed by atoms with E-state index >= 15 is 0 Å². The molecule has 0 spiro atoms. The standard InChI is InChI=1S/C25H37ClN4O4/c1-25(2,16-28(3)4)15-27-23(32)17-8-10-29(11-9-17)24(33)18-12-22(31)30(14-18)20-13-19(26)6-7-21(20)34-5/h6-7,13,17-18H,8-12,14-16H2,1-5H3,(H,27,32). The maximum Gasteiger partial charge on any atom is 0.228 e. The van der Waals surface area contributed by atoms with Crippen LogP contribution in [0.4, 0.5) is 5.69 Å². The van der Waals surface area contributed by atoms with Gasteiger partial charge in [0.2, 0.25) is 17.7 Å². The van der Waals surface area contributed by atoms with Crippen LogP contribution in [-0.2, 0) is 14.4 Å². The topological polar surface area (TPSA) is 82.2 Å². The molecule has 1 aromatic carbocycles. The van der Waals surface area contributed by atoms with E-state index in [2.05, 4.69) is 24.1 Å². The van der Waals surface area contributed by atoms with E-state index in [0.717, 1.165) is 6.54 Å². The lowest BCUT2D eigenvalue weighted by atomic mass is 9.91. The molecule has 1 atom stereocenters. The largest absolute Gasteiger partial charge is 0.495 e. The summed E-state index contributed by atoms with van der Waals surface area (Å²) in [6.07, 6.45) is 1.44. The maximum absolute atomic E-state index is 13.2. The van der Waals surface area contributed by atoms with E-state index in [9.17, 15) is 14.4 Å². The molecule has 0 aromatic heterocycles. The Hall–Kier alpha value is -2.32. The van der Waals surface area contributed by atoms with Gasteiger partial charge in [-0.15, -0.1) is 0 Å². The Kier molecular flexibility index (Phi) is 8.47. The highest BCUT2D eigenvalue weighted by atomic mass is 35.5. The highest BCUT2D eigenvalue weighted by molar-refractivity contribution is 6.31. The van der Waals surface area contributed by atoms with Crippen molar-refractivity contribution in [1.82, 2.24) is 15.1 Å². The van der Waals surface area contributed by atoms with Gasteiger partial charge in [-0.2, -0.15) is 0 Å². The number of nitrogens with one attached hydrogen (secondary N) is 1. The molecule has 2 heterocycles. The van der Waals surface area contributed by atoms with Gasteiger partial charge in [-0.25, -0.2) is 0 Å². The number of hydrogen-bond acceptors (Lipinski definition) is 5. The van der Waals surface area contributed by atoms with E-state index in [0.29, 0.717) is 55.5 Å². The van der Waals surface area contributed by atoms with Crippen molar-refractivity contribution < 1.29 is 19.1 Å². The summed E-state index contributed by atoms with van der Waals surface area (Å²) in [5.41, 5.74) is 0.574. The molecule has 1 unspecified atom stereocenters. The van der Waals surface area contributed by atoms with Crippen molar-refractivity contribution in [2.24, 2.45) is 17.3 Å². The van der Waals surface area contributed by atoms with E-state index in [4.69, 9.17) is 16.3 Å². The summed E-state index contributed by atoms with van der Waals surface area (Å²) < 4.78 is 5.38. The second-order valence-electron chi connectivity index (χ2n) is 10.4. The fourth-order valence-corrected chi connectivity index (χ4v) is 5.15. The number of nitrogens with zero attached hydrogens (tertiary/aromatic N) is 3. The number of methoxy groups -OCH3 is 1. The monoisotopic (exact) mass is 492 g/mol. The Morgan fingerprint density at radius 3 is 2.50 bits per heavy atom. The van der Waals surface area contributed by atoms with E-state index in [1.807, 2.05) is 14.1 Å². The van der Waals surface area contributed by atoms with Crippen molar-refractivity contribution in [3.63, 3.8) is 0 Å². The molecule has 3 amide bonds. The molecule has 1 aromatic rings. The van der Waals surface area contributed by atoms with Crippen LogP contribution in [0.1, 0.15) is 33.1 Å². The summed E-state index contributed by atoms with van der Waals surface area (Å²) in [5.74, 6) is -0.0259. The Bertz CT molecular complexity index is 912. The number of ether oxygens (including phenoxy) is 1. The average Bonchev–Trinajstić information content (AvgIpc) is 3.17. The fourth-order valence-electron chi connectivity index (χ4n) is 4.98. The molecule has 3 rings (SSSR count). The summed E-state index contributed by atoms with van der Waals surface area (Å²) in [5, 5.41) is 3.60. The van der Waals surface area contributed by atoms with Crippen LogP contribution in [0.25, 0.3) is 0 Å². The lowest BCUT2D eigenvalue weighted by molar-refractivity contribution is -0.139. The summed E-state index contributed by atoms with van der Waals surface area (Å²) in [7, 11) is 5.59. The third-order valence-corrected chi connectivity index (χ3v) is 6.80. The molecule has 1 N–H and O–H groups in total. The van der Waals surface area contributed by atoms with E-state index in [1.54, 1.807) is 35.1 Å². The molecular formula is C25H37ClN4O4. The van der Waals surface area contributed by atoms with Crippen molar-refractivity contribution in [1.29, 1.82) is 0 Å². The highest BCUT2D eigenvalue weighted by Gasteiger charge is 2.39. The van der Waals surface area contributed by atoms with Crippen molar-refractivity contribution in [3.05, 3.63) is 23.2 Å². The van der Waals surface area contributed by atoms with Gasteiger partial charge < -0.3 is 24.8 Å². The van der Waals surface area contributed by atoms with Crippen molar-refractivity contribution in [2.45, 2.75) is 33.1 Å². The predicted molar refractivity (Wildman–Crippen MR) is 133 cm³/mol. The molecule has 9 heteroatoms. The number of likely N-dealkylation sites (tertiary alicyclic amines) is 1. The molecule has 2 saturated heterocycles. The summed E-state index contributed by atoms with van der Waals surface area (Å²) in [6.45, 7) is 7.15. The molecule has 0 aliphatic carbocycles. The molecule has 188 valence electrons. The first-order chi connectivity index (χ1) is 16.0. The zero-order valence-electron chi connectivity index (χ0n) is 20.9. The van der Waals surface area contributed by atoms with Gasteiger partial charge in [-0.3, -0.25) is 14.4 Å². The molecule has 0 bridgehead atoms. The molecule has 2 fully saturated rings. The molecule has 34 heavy (non-hydrogen) atoms. The third kappa shape index (κ3) is 6.42. The van der Waals surface area contributed by atoms with Crippen LogP contribution >= 0.6 is 11.6 Å². The lowest BCUT2D eigenvalue weighted by Gasteiger charge is -2.34.